The van der Waals surface area contributed by atoms with Crippen molar-refractivity contribution >= 4 is 22.6 Å². The highest BCUT2D eigenvalue weighted by atomic mass is 16.7. The lowest BCUT2D eigenvalue weighted by Gasteiger charge is -2.43. The minimum atomic E-state index is -0.906. The summed E-state index contributed by atoms with van der Waals surface area (Å²) in [5.41, 5.74) is 1.20. The first-order valence-electron chi connectivity index (χ1n) is 11.7. The molecule has 4 rings (SSSR count). The maximum absolute atomic E-state index is 12.7. The van der Waals surface area contributed by atoms with Crippen LogP contribution in [0, 0.1) is 6.92 Å². The Bertz CT molecular complexity index is 1280. The molecule has 186 valence electrons. The number of rotatable bonds is 6. The molecule has 1 aliphatic heterocycles. The number of carbonyl (C=O) groups is 1. The first-order chi connectivity index (χ1) is 16.6. The van der Waals surface area contributed by atoms with Crippen LogP contribution in [0.15, 0.2) is 51.7 Å². The molecule has 8 nitrogen and oxygen atoms in total. The Hall–Kier alpha value is -3.20. The molecule has 8 heteroatoms. The standard InChI is InChI=1S/C27H31NO7/c1-6-16-7-9-17(10-8-16)24(30)28-19-13-18-11-12-21(15(2)23(18)34-25(19)31)33-26-20(29)14-22(32-5)27(3,4)35-26/h7-13,20,22,26,29H,6,14H2,1-5H3,(H,28,30). The van der Waals surface area contributed by atoms with E-state index in [1.54, 1.807) is 44.4 Å². The molecule has 1 aliphatic rings. The Morgan fingerprint density at radius 2 is 1.91 bits per heavy atom. The van der Waals surface area contributed by atoms with Gasteiger partial charge < -0.3 is 29.1 Å². The molecule has 1 fully saturated rings. The van der Waals surface area contributed by atoms with Gasteiger partial charge in [-0.25, -0.2) is 4.79 Å². The van der Waals surface area contributed by atoms with Crippen LogP contribution in [-0.4, -0.2) is 42.2 Å². The van der Waals surface area contributed by atoms with Gasteiger partial charge in [-0.05, 0) is 63.1 Å². The van der Waals surface area contributed by atoms with E-state index in [4.69, 9.17) is 18.6 Å². The van der Waals surface area contributed by atoms with Gasteiger partial charge in [0.25, 0.3) is 5.91 Å². The number of ether oxygens (including phenoxy) is 3. The number of methoxy groups -OCH3 is 1. The Morgan fingerprint density at radius 1 is 1.20 bits per heavy atom. The van der Waals surface area contributed by atoms with Gasteiger partial charge in [-0.15, -0.1) is 0 Å². The molecule has 2 aromatic carbocycles. The van der Waals surface area contributed by atoms with Crippen molar-refractivity contribution in [3.8, 4) is 5.75 Å². The first kappa shape index (κ1) is 24.9. The molecular weight excluding hydrogens is 450 g/mol. The van der Waals surface area contributed by atoms with Crippen LogP contribution in [0.5, 0.6) is 5.75 Å². The molecule has 0 spiro atoms. The number of hydrogen-bond donors (Lipinski definition) is 2. The number of amides is 1. The predicted molar refractivity (Wildman–Crippen MR) is 132 cm³/mol. The van der Waals surface area contributed by atoms with Crippen molar-refractivity contribution in [2.45, 2.75) is 64.6 Å². The third-order valence-electron chi connectivity index (χ3n) is 6.47. The third-order valence-corrected chi connectivity index (χ3v) is 6.47. The number of benzene rings is 2. The second kappa shape index (κ2) is 9.81. The van der Waals surface area contributed by atoms with Crippen LogP contribution >= 0.6 is 0 Å². The Morgan fingerprint density at radius 3 is 2.57 bits per heavy atom. The number of nitrogens with one attached hydrogen (secondary N) is 1. The van der Waals surface area contributed by atoms with Gasteiger partial charge in [0.1, 0.15) is 23.1 Å². The molecule has 3 aromatic rings. The van der Waals surface area contributed by atoms with Gasteiger partial charge in [0.05, 0.1) is 11.7 Å². The van der Waals surface area contributed by atoms with E-state index < -0.39 is 29.5 Å². The highest BCUT2D eigenvalue weighted by molar-refractivity contribution is 6.04. The molecule has 1 saturated heterocycles. The summed E-state index contributed by atoms with van der Waals surface area (Å²) in [6.07, 6.45) is -0.833. The van der Waals surface area contributed by atoms with Crippen molar-refractivity contribution in [2.24, 2.45) is 0 Å². The SMILES string of the molecule is CCc1ccc(C(=O)Nc2cc3ccc(OC4OC(C)(C)C(OC)CC4O)c(C)c3oc2=O)cc1. The lowest BCUT2D eigenvalue weighted by molar-refractivity contribution is -0.271. The summed E-state index contributed by atoms with van der Waals surface area (Å²) in [7, 11) is 1.58. The highest BCUT2D eigenvalue weighted by Gasteiger charge is 2.44. The Kier molecular flexibility index (Phi) is 6.98. The Labute approximate surface area is 203 Å². The molecule has 0 aliphatic carbocycles. The lowest BCUT2D eigenvalue weighted by atomic mass is 9.92. The number of aliphatic hydroxyl groups excluding tert-OH is 1. The van der Waals surface area contributed by atoms with Crippen LogP contribution in [0.25, 0.3) is 11.0 Å². The van der Waals surface area contributed by atoms with Crippen LogP contribution < -0.4 is 15.7 Å². The van der Waals surface area contributed by atoms with Crippen molar-refractivity contribution in [1.29, 1.82) is 0 Å². The second-order valence-electron chi connectivity index (χ2n) is 9.29. The third kappa shape index (κ3) is 5.10. The highest BCUT2D eigenvalue weighted by Crippen LogP contribution is 2.34. The van der Waals surface area contributed by atoms with Gasteiger partial charge in [-0.3, -0.25) is 4.79 Å². The van der Waals surface area contributed by atoms with E-state index in [1.165, 1.54) is 0 Å². The van der Waals surface area contributed by atoms with Crippen LogP contribution in [-0.2, 0) is 15.9 Å². The fraction of sp³-hybridized carbons (Fsp3) is 0.407. The number of aryl methyl sites for hydroxylation is 2. The van der Waals surface area contributed by atoms with E-state index >= 15 is 0 Å². The maximum Gasteiger partial charge on any atom is 0.360 e. The molecule has 0 bridgehead atoms. The monoisotopic (exact) mass is 481 g/mol. The molecular formula is C27H31NO7. The van der Waals surface area contributed by atoms with Crippen molar-refractivity contribution in [3.63, 3.8) is 0 Å². The summed E-state index contributed by atoms with van der Waals surface area (Å²) in [6, 6.07) is 12.2. The Balaban J connectivity index is 1.56. The van der Waals surface area contributed by atoms with Crippen molar-refractivity contribution in [1.82, 2.24) is 0 Å². The zero-order valence-corrected chi connectivity index (χ0v) is 20.6. The van der Waals surface area contributed by atoms with Crippen molar-refractivity contribution in [2.75, 3.05) is 12.4 Å². The summed E-state index contributed by atoms with van der Waals surface area (Å²) in [5, 5.41) is 13.8. The number of fused-ring (bicyclic) bond motifs is 1. The van der Waals surface area contributed by atoms with Crippen LogP contribution in [0.2, 0.25) is 0 Å². The lowest BCUT2D eigenvalue weighted by Crippen LogP contribution is -2.55. The first-order valence-corrected chi connectivity index (χ1v) is 11.7. The normalized spacial score (nSPS) is 21.6. The molecule has 2 heterocycles. The van der Waals surface area contributed by atoms with E-state index in [2.05, 4.69) is 5.32 Å². The zero-order chi connectivity index (χ0) is 25.3. The number of aliphatic hydroxyl groups is 1. The number of anilines is 1. The molecule has 3 atom stereocenters. The second-order valence-corrected chi connectivity index (χ2v) is 9.29. The molecule has 0 saturated carbocycles. The van der Waals surface area contributed by atoms with Gasteiger partial charge in [-0.2, -0.15) is 0 Å². The van der Waals surface area contributed by atoms with Gasteiger partial charge >= 0.3 is 5.63 Å². The summed E-state index contributed by atoms with van der Waals surface area (Å²) < 4.78 is 22.9. The molecule has 35 heavy (non-hydrogen) atoms. The van der Waals surface area contributed by atoms with Gasteiger partial charge in [-0.1, -0.05) is 19.1 Å². The fourth-order valence-electron chi connectivity index (χ4n) is 4.28. The molecule has 2 N–H and O–H groups in total. The molecule has 1 amide bonds. The van der Waals surface area contributed by atoms with Gasteiger partial charge in [0.2, 0.25) is 6.29 Å². The van der Waals surface area contributed by atoms with Crippen molar-refractivity contribution < 1.29 is 28.5 Å². The van der Waals surface area contributed by atoms with E-state index in [0.29, 0.717) is 34.3 Å². The van der Waals surface area contributed by atoms with Gasteiger partial charge in [0.15, 0.2) is 0 Å². The number of carbonyl (C=O) groups excluding carboxylic acids is 1. The predicted octanol–water partition coefficient (Wildman–Crippen LogP) is 4.20. The largest absolute Gasteiger partial charge is 0.462 e. The quantitative estimate of drug-likeness (QED) is 0.508. The summed E-state index contributed by atoms with van der Waals surface area (Å²) in [5.74, 6) is 0.0283. The zero-order valence-electron chi connectivity index (χ0n) is 20.6. The average Bonchev–Trinajstić information content (AvgIpc) is 2.83. The molecule has 3 unspecified atom stereocenters. The van der Waals surface area contributed by atoms with E-state index in [-0.39, 0.29) is 11.8 Å². The maximum atomic E-state index is 12.7. The summed E-state index contributed by atoms with van der Waals surface area (Å²) in [4.78, 5) is 25.3. The van der Waals surface area contributed by atoms with E-state index in [0.717, 1.165) is 12.0 Å². The topological polar surface area (TPSA) is 107 Å². The smallest absolute Gasteiger partial charge is 0.360 e. The number of hydrogen-bond acceptors (Lipinski definition) is 7. The minimum absolute atomic E-state index is 0.0496. The minimum Gasteiger partial charge on any atom is -0.462 e. The molecule has 0 radical (unpaired) electrons. The average molecular weight is 482 g/mol. The van der Waals surface area contributed by atoms with Gasteiger partial charge in [0, 0.05) is 30.0 Å². The van der Waals surface area contributed by atoms with Crippen LogP contribution in [0.4, 0.5) is 5.69 Å². The van der Waals surface area contributed by atoms with E-state index in [1.807, 2.05) is 32.9 Å². The van der Waals surface area contributed by atoms with Crippen LogP contribution in [0.1, 0.15) is 48.7 Å². The summed E-state index contributed by atoms with van der Waals surface area (Å²) in [6.45, 7) is 7.55. The summed E-state index contributed by atoms with van der Waals surface area (Å²) >= 11 is 0. The van der Waals surface area contributed by atoms with E-state index in [9.17, 15) is 14.7 Å². The van der Waals surface area contributed by atoms with Crippen molar-refractivity contribution in [3.05, 3.63) is 69.6 Å². The fourth-order valence-corrected chi connectivity index (χ4v) is 4.28. The molecule has 1 aromatic heterocycles. The van der Waals surface area contributed by atoms with Crippen LogP contribution in [0.3, 0.4) is 0 Å².